The summed E-state index contributed by atoms with van der Waals surface area (Å²) >= 11 is 0. The quantitative estimate of drug-likeness (QED) is 0.408. The molecular weight excluding hydrogens is 494 g/mol. The van der Waals surface area contributed by atoms with Gasteiger partial charge in [0.1, 0.15) is 0 Å². The Balaban J connectivity index is 0.00000324. The summed E-state index contributed by atoms with van der Waals surface area (Å²) in [6.45, 7) is 8.98. The van der Waals surface area contributed by atoms with Gasteiger partial charge in [-0.15, -0.1) is 17.0 Å². The summed E-state index contributed by atoms with van der Waals surface area (Å²) in [5.74, 6) is 0.122. The number of halogens is 1. The lowest BCUT2D eigenvalue weighted by molar-refractivity contribution is 0.0332. The Morgan fingerprint density at radius 2 is 1.29 bits per heavy atom. The van der Waals surface area contributed by atoms with Gasteiger partial charge >= 0.3 is 11.9 Å². The van der Waals surface area contributed by atoms with Crippen molar-refractivity contribution < 1.29 is 19.1 Å². The van der Waals surface area contributed by atoms with Crippen molar-refractivity contribution in [2.75, 3.05) is 14.2 Å². The van der Waals surface area contributed by atoms with Gasteiger partial charge in [-0.2, -0.15) is 0 Å². The van der Waals surface area contributed by atoms with Crippen molar-refractivity contribution in [3.8, 4) is 0 Å². The lowest BCUT2D eigenvalue weighted by atomic mass is 9.68. The molecule has 184 valence electrons. The number of fused-ring (bicyclic) bond motifs is 2. The highest BCUT2D eigenvalue weighted by Crippen LogP contribution is 2.66. The van der Waals surface area contributed by atoms with E-state index in [9.17, 15) is 9.59 Å². The SMILES string of the molecule is Br.COC(=O)c1ccc(CN(Cc2ccc(C(=O)OC)cc2)C2CC3CCC2(C)C3(C)C)cc1. The standard InChI is InChI=1S/C28H35NO4.BrH/c1-27(2)23-14-15-28(27,3)24(16-23)29(17-19-6-10-21(11-7-19)25(30)32-4)18-20-8-12-22(13-9-20)26(31)33-5;/h6-13,23-24H,14-18H2,1-5H3;1H. The van der Waals surface area contributed by atoms with Crippen LogP contribution in [0.1, 0.15) is 71.9 Å². The Kier molecular flexibility index (Phi) is 7.93. The Hall–Kier alpha value is -2.18. The number of hydrogen-bond acceptors (Lipinski definition) is 5. The van der Waals surface area contributed by atoms with Gasteiger partial charge in [-0.1, -0.05) is 45.0 Å². The molecule has 0 aromatic heterocycles. The van der Waals surface area contributed by atoms with E-state index in [0.29, 0.717) is 22.6 Å². The van der Waals surface area contributed by atoms with Gasteiger partial charge in [-0.3, -0.25) is 4.90 Å². The van der Waals surface area contributed by atoms with Gasteiger partial charge in [0.2, 0.25) is 0 Å². The van der Waals surface area contributed by atoms with E-state index < -0.39 is 0 Å². The van der Waals surface area contributed by atoms with Crippen molar-refractivity contribution in [2.45, 2.75) is 59.2 Å². The summed E-state index contributed by atoms with van der Waals surface area (Å²) in [6, 6.07) is 16.0. The number of ether oxygens (including phenoxy) is 2. The fourth-order valence-corrected chi connectivity index (χ4v) is 6.19. The number of hydrogen-bond donors (Lipinski definition) is 0. The number of benzene rings is 2. The maximum Gasteiger partial charge on any atom is 0.337 e. The molecule has 3 atom stereocenters. The van der Waals surface area contributed by atoms with Crippen LogP contribution in [0.25, 0.3) is 0 Å². The van der Waals surface area contributed by atoms with Gasteiger partial charge in [0.15, 0.2) is 0 Å². The topological polar surface area (TPSA) is 55.8 Å². The van der Waals surface area contributed by atoms with Crippen molar-refractivity contribution in [1.29, 1.82) is 0 Å². The van der Waals surface area contributed by atoms with Crippen molar-refractivity contribution in [2.24, 2.45) is 16.7 Å². The molecule has 34 heavy (non-hydrogen) atoms. The zero-order valence-electron chi connectivity index (χ0n) is 20.8. The van der Waals surface area contributed by atoms with Crippen LogP contribution in [0.15, 0.2) is 48.5 Å². The molecule has 2 aliphatic carbocycles. The molecule has 4 rings (SSSR count). The molecule has 0 aliphatic heterocycles. The van der Waals surface area contributed by atoms with Crippen LogP contribution >= 0.6 is 17.0 Å². The maximum absolute atomic E-state index is 11.8. The highest BCUT2D eigenvalue weighted by atomic mass is 79.9. The minimum Gasteiger partial charge on any atom is -0.465 e. The summed E-state index contributed by atoms with van der Waals surface area (Å²) in [6.07, 6.45) is 3.79. The van der Waals surface area contributed by atoms with E-state index in [1.807, 2.05) is 48.5 Å². The van der Waals surface area contributed by atoms with E-state index in [2.05, 4.69) is 25.7 Å². The largest absolute Gasteiger partial charge is 0.465 e. The molecule has 2 fully saturated rings. The van der Waals surface area contributed by atoms with Gasteiger partial charge in [0.05, 0.1) is 25.3 Å². The molecule has 0 heterocycles. The summed E-state index contributed by atoms with van der Waals surface area (Å²) in [4.78, 5) is 26.3. The highest BCUT2D eigenvalue weighted by Gasteiger charge is 2.62. The van der Waals surface area contributed by atoms with Crippen LogP contribution in [-0.4, -0.2) is 37.1 Å². The van der Waals surface area contributed by atoms with Gasteiger partial charge < -0.3 is 9.47 Å². The number of carbonyl (C=O) groups excluding carboxylic acids is 2. The first-order valence-electron chi connectivity index (χ1n) is 11.8. The third kappa shape index (κ3) is 4.67. The summed E-state index contributed by atoms with van der Waals surface area (Å²) < 4.78 is 9.68. The molecule has 0 amide bonds. The van der Waals surface area contributed by atoms with E-state index in [4.69, 9.17) is 9.47 Å². The predicted octanol–water partition coefficient (Wildman–Crippen LogP) is 6.05. The Labute approximate surface area is 213 Å². The van der Waals surface area contributed by atoms with Crippen LogP contribution in [0.5, 0.6) is 0 Å². The maximum atomic E-state index is 11.8. The average Bonchev–Trinajstić information content (AvgIpc) is 3.17. The third-order valence-electron chi connectivity index (χ3n) is 8.71. The molecule has 0 saturated heterocycles. The van der Waals surface area contributed by atoms with Crippen molar-refractivity contribution in [1.82, 2.24) is 4.90 Å². The number of nitrogens with zero attached hydrogens (tertiary/aromatic N) is 1. The normalized spacial score (nSPS) is 24.5. The Morgan fingerprint density at radius 3 is 1.62 bits per heavy atom. The zero-order valence-corrected chi connectivity index (χ0v) is 22.5. The predicted molar refractivity (Wildman–Crippen MR) is 138 cm³/mol. The molecule has 2 bridgehead atoms. The van der Waals surface area contributed by atoms with E-state index in [1.165, 1.54) is 44.6 Å². The molecule has 6 heteroatoms. The molecule has 2 aromatic carbocycles. The van der Waals surface area contributed by atoms with E-state index >= 15 is 0 Å². The second-order valence-electron chi connectivity index (χ2n) is 10.4. The van der Waals surface area contributed by atoms with Crippen LogP contribution in [0, 0.1) is 16.7 Å². The van der Waals surface area contributed by atoms with E-state index in [0.717, 1.165) is 19.0 Å². The average molecular weight is 531 g/mol. The first-order chi connectivity index (χ1) is 15.7. The highest BCUT2D eigenvalue weighted by molar-refractivity contribution is 8.93. The first-order valence-corrected chi connectivity index (χ1v) is 11.8. The Morgan fingerprint density at radius 1 is 0.853 bits per heavy atom. The van der Waals surface area contributed by atoms with Crippen molar-refractivity contribution >= 4 is 28.9 Å². The summed E-state index contributed by atoms with van der Waals surface area (Å²) in [5, 5.41) is 0. The van der Waals surface area contributed by atoms with Crippen molar-refractivity contribution in [3.05, 3.63) is 70.8 Å². The molecular formula is C28H36BrNO4. The minimum absolute atomic E-state index is 0. The lowest BCUT2D eigenvalue weighted by Crippen LogP contribution is -2.46. The molecule has 3 unspecified atom stereocenters. The number of rotatable bonds is 7. The summed E-state index contributed by atoms with van der Waals surface area (Å²) in [5.41, 5.74) is 4.07. The van der Waals surface area contributed by atoms with Crippen LogP contribution in [0.4, 0.5) is 0 Å². The monoisotopic (exact) mass is 529 g/mol. The van der Waals surface area contributed by atoms with Gasteiger partial charge in [-0.25, -0.2) is 9.59 Å². The second-order valence-corrected chi connectivity index (χ2v) is 10.4. The van der Waals surface area contributed by atoms with E-state index in [1.54, 1.807) is 0 Å². The minimum atomic E-state index is -0.313. The molecule has 5 nitrogen and oxygen atoms in total. The smallest absolute Gasteiger partial charge is 0.337 e. The summed E-state index contributed by atoms with van der Waals surface area (Å²) in [7, 11) is 2.81. The molecule has 2 aliphatic rings. The van der Waals surface area contributed by atoms with Gasteiger partial charge in [0, 0.05) is 19.1 Å². The van der Waals surface area contributed by atoms with E-state index in [-0.39, 0.29) is 34.3 Å². The molecule has 2 saturated carbocycles. The lowest BCUT2D eigenvalue weighted by Gasteiger charge is -2.45. The number of carbonyl (C=O) groups is 2. The molecule has 0 spiro atoms. The van der Waals surface area contributed by atoms with Crippen LogP contribution < -0.4 is 0 Å². The van der Waals surface area contributed by atoms with Crippen LogP contribution in [-0.2, 0) is 22.6 Å². The third-order valence-corrected chi connectivity index (χ3v) is 8.71. The first kappa shape index (κ1) is 26.4. The van der Waals surface area contributed by atoms with Gasteiger partial charge in [0.25, 0.3) is 0 Å². The second kappa shape index (κ2) is 10.2. The Bertz CT molecular complexity index is 956. The molecule has 0 radical (unpaired) electrons. The fourth-order valence-electron chi connectivity index (χ4n) is 6.19. The van der Waals surface area contributed by atoms with Crippen LogP contribution in [0.2, 0.25) is 0 Å². The van der Waals surface area contributed by atoms with Crippen molar-refractivity contribution in [3.63, 3.8) is 0 Å². The number of methoxy groups -OCH3 is 2. The molecule has 0 N–H and O–H groups in total. The fraction of sp³-hybridized carbons (Fsp3) is 0.500. The van der Waals surface area contributed by atoms with Gasteiger partial charge in [-0.05, 0) is 71.4 Å². The van der Waals surface area contributed by atoms with Crippen LogP contribution in [0.3, 0.4) is 0 Å². The zero-order chi connectivity index (χ0) is 23.8. The number of esters is 2. The molecule has 2 aromatic rings.